The molecule has 118 valence electrons. The van der Waals surface area contributed by atoms with Gasteiger partial charge in [-0.05, 0) is 50.2 Å². The molecule has 1 aromatic heterocycles. The van der Waals surface area contributed by atoms with Crippen molar-refractivity contribution in [3.05, 3.63) is 24.2 Å². The van der Waals surface area contributed by atoms with Crippen LogP contribution < -0.4 is 5.32 Å². The minimum absolute atomic E-state index is 0.361. The molecule has 21 heavy (non-hydrogen) atoms. The molecule has 0 spiro atoms. The van der Waals surface area contributed by atoms with Crippen LogP contribution in [-0.4, -0.2) is 41.8 Å². The van der Waals surface area contributed by atoms with Gasteiger partial charge in [-0.2, -0.15) is 0 Å². The number of hydrogen-bond acceptors (Lipinski definition) is 4. The first-order chi connectivity index (χ1) is 10.3. The largest absolute Gasteiger partial charge is 0.468 e. The third-order valence-electron chi connectivity index (χ3n) is 5.06. The van der Waals surface area contributed by atoms with E-state index in [2.05, 4.69) is 16.3 Å². The second kappa shape index (κ2) is 7.43. The number of rotatable bonds is 5. The highest BCUT2D eigenvalue weighted by atomic mass is 16.3. The van der Waals surface area contributed by atoms with Gasteiger partial charge in [-0.1, -0.05) is 6.42 Å². The topological polar surface area (TPSA) is 48.6 Å². The molecule has 2 aliphatic rings. The van der Waals surface area contributed by atoms with Gasteiger partial charge in [0, 0.05) is 31.8 Å². The maximum Gasteiger partial charge on any atom is 0.117 e. The number of likely N-dealkylation sites (tertiary alicyclic amines) is 1. The van der Waals surface area contributed by atoms with Crippen LogP contribution in [0.4, 0.5) is 0 Å². The third-order valence-corrected chi connectivity index (χ3v) is 5.06. The second-order valence-electron chi connectivity index (χ2n) is 6.71. The van der Waals surface area contributed by atoms with Gasteiger partial charge in [0.1, 0.15) is 5.76 Å². The van der Waals surface area contributed by atoms with Gasteiger partial charge in [0.15, 0.2) is 0 Å². The maximum atomic E-state index is 9.33. The van der Waals surface area contributed by atoms with Crippen LogP contribution in [0.1, 0.15) is 44.3 Å². The van der Waals surface area contributed by atoms with Gasteiger partial charge in [-0.25, -0.2) is 0 Å². The molecule has 2 atom stereocenters. The smallest absolute Gasteiger partial charge is 0.117 e. The number of piperidine rings is 1. The molecular formula is C17H28N2O2. The van der Waals surface area contributed by atoms with Crippen molar-refractivity contribution in [1.82, 2.24) is 10.2 Å². The van der Waals surface area contributed by atoms with Crippen molar-refractivity contribution in [3.8, 4) is 0 Å². The summed E-state index contributed by atoms with van der Waals surface area (Å²) in [6.07, 6.45) is 9.11. The van der Waals surface area contributed by atoms with Crippen LogP contribution in [0.5, 0.6) is 0 Å². The summed E-state index contributed by atoms with van der Waals surface area (Å²) in [5.74, 6) is 1.59. The van der Waals surface area contributed by atoms with Crippen LogP contribution in [-0.2, 0) is 6.54 Å². The summed E-state index contributed by atoms with van der Waals surface area (Å²) in [5.41, 5.74) is 0. The molecule has 1 aliphatic heterocycles. The lowest BCUT2D eigenvalue weighted by Crippen LogP contribution is -2.47. The molecule has 0 bridgehead atoms. The van der Waals surface area contributed by atoms with E-state index in [4.69, 9.17) is 4.42 Å². The molecular weight excluding hydrogens is 264 g/mol. The Hall–Kier alpha value is -0.840. The number of hydrogen-bond donors (Lipinski definition) is 2. The maximum absolute atomic E-state index is 9.33. The molecule has 1 aliphatic carbocycles. The Bertz CT molecular complexity index is 399. The number of aliphatic hydroxyl groups is 1. The zero-order valence-corrected chi connectivity index (χ0v) is 12.8. The molecule has 2 heterocycles. The quantitative estimate of drug-likeness (QED) is 0.875. The van der Waals surface area contributed by atoms with Crippen LogP contribution in [0.25, 0.3) is 0 Å². The predicted octanol–water partition coefficient (Wildman–Crippen LogP) is 2.38. The van der Waals surface area contributed by atoms with E-state index < -0.39 is 0 Å². The van der Waals surface area contributed by atoms with Crippen LogP contribution in [0.2, 0.25) is 0 Å². The highest BCUT2D eigenvalue weighted by Crippen LogP contribution is 2.25. The van der Waals surface area contributed by atoms with E-state index in [0.29, 0.717) is 24.6 Å². The Balaban J connectivity index is 1.39. The lowest BCUT2D eigenvalue weighted by molar-refractivity contribution is 0.143. The average molecular weight is 292 g/mol. The molecule has 3 rings (SSSR count). The molecule has 0 unspecified atom stereocenters. The van der Waals surface area contributed by atoms with Crippen LogP contribution in [0.15, 0.2) is 22.8 Å². The minimum atomic E-state index is 0.361. The Morgan fingerprint density at radius 3 is 2.76 bits per heavy atom. The van der Waals surface area contributed by atoms with Crippen molar-refractivity contribution in [1.29, 1.82) is 0 Å². The SMILES string of the molecule is OC[C@@H]1CCC[C@H](NC2CCN(Cc3ccco3)CC2)C1. The van der Waals surface area contributed by atoms with Gasteiger partial charge in [0.2, 0.25) is 0 Å². The van der Waals surface area contributed by atoms with Gasteiger partial charge in [-0.15, -0.1) is 0 Å². The number of nitrogens with zero attached hydrogens (tertiary/aromatic N) is 1. The normalized spacial score (nSPS) is 28.8. The summed E-state index contributed by atoms with van der Waals surface area (Å²) in [6, 6.07) is 5.30. The third kappa shape index (κ3) is 4.31. The summed E-state index contributed by atoms with van der Waals surface area (Å²) < 4.78 is 5.43. The monoisotopic (exact) mass is 292 g/mol. The van der Waals surface area contributed by atoms with Crippen molar-refractivity contribution >= 4 is 0 Å². The Labute approximate surface area is 127 Å². The van der Waals surface area contributed by atoms with E-state index in [1.54, 1.807) is 6.26 Å². The molecule has 1 saturated carbocycles. The second-order valence-corrected chi connectivity index (χ2v) is 6.71. The summed E-state index contributed by atoms with van der Waals surface area (Å²) in [5, 5.41) is 13.2. The molecule has 0 amide bonds. The summed E-state index contributed by atoms with van der Waals surface area (Å²) >= 11 is 0. The minimum Gasteiger partial charge on any atom is -0.468 e. The zero-order valence-electron chi connectivity index (χ0n) is 12.8. The standard InChI is InChI=1S/C17H28N2O2/c20-13-14-3-1-4-16(11-14)18-15-6-8-19(9-7-15)12-17-5-2-10-21-17/h2,5,10,14-16,18,20H,1,3-4,6-9,11-13H2/t14-,16+/m1/s1. The van der Waals surface area contributed by atoms with Crippen molar-refractivity contribution in [3.63, 3.8) is 0 Å². The molecule has 1 saturated heterocycles. The highest BCUT2D eigenvalue weighted by molar-refractivity contribution is 4.98. The predicted molar refractivity (Wildman–Crippen MR) is 83.0 cm³/mol. The van der Waals surface area contributed by atoms with E-state index in [1.165, 1.54) is 32.1 Å². The van der Waals surface area contributed by atoms with E-state index in [1.807, 2.05) is 6.07 Å². The van der Waals surface area contributed by atoms with E-state index in [0.717, 1.165) is 31.8 Å². The average Bonchev–Trinajstić information content (AvgIpc) is 3.02. The first-order valence-electron chi connectivity index (χ1n) is 8.45. The summed E-state index contributed by atoms with van der Waals surface area (Å²) in [4.78, 5) is 2.48. The molecule has 1 aromatic rings. The van der Waals surface area contributed by atoms with Crippen LogP contribution in [0, 0.1) is 5.92 Å². The zero-order chi connectivity index (χ0) is 14.5. The van der Waals surface area contributed by atoms with E-state index >= 15 is 0 Å². The summed E-state index contributed by atoms with van der Waals surface area (Å²) in [7, 11) is 0. The highest BCUT2D eigenvalue weighted by Gasteiger charge is 2.26. The molecule has 4 heteroatoms. The molecule has 0 radical (unpaired) electrons. The van der Waals surface area contributed by atoms with Crippen molar-refractivity contribution in [2.24, 2.45) is 5.92 Å². The Morgan fingerprint density at radius 1 is 1.19 bits per heavy atom. The van der Waals surface area contributed by atoms with Crippen molar-refractivity contribution < 1.29 is 9.52 Å². The van der Waals surface area contributed by atoms with Crippen LogP contribution in [0.3, 0.4) is 0 Å². The Morgan fingerprint density at radius 2 is 2.05 bits per heavy atom. The Kier molecular flexibility index (Phi) is 5.33. The van der Waals surface area contributed by atoms with E-state index in [-0.39, 0.29) is 0 Å². The molecule has 2 N–H and O–H groups in total. The number of aliphatic hydroxyl groups excluding tert-OH is 1. The van der Waals surface area contributed by atoms with Gasteiger partial charge >= 0.3 is 0 Å². The molecule has 4 nitrogen and oxygen atoms in total. The fraction of sp³-hybridized carbons (Fsp3) is 0.765. The van der Waals surface area contributed by atoms with Crippen LogP contribution >= 0.6 is 0 Å². The number of furan rings is 1. The molecule has 2 fully saturated rings. The first-order valence-corrected chi connectivity index (χ1v) is 8.45. The molecule has 0 aromatic carbocycles. The van der Waals surface area contributed by atoms with Gasteiger partial charge in [-0.3, -0.25) is 4.90 Å². The van der Waals surface area contributed by atoms with Gasteiger partial charge in [0.05, 0.1) is 12.8 Å². The number of nitrogens with one attached hydrogen (secondary N) is 1. The first kappa shape index (κ1) is 15.1. The van der Waals surface area contributed by atoms with Crippen molar-refractivity contribution in [2.45, 2.75) is 57.2 Å². The lowest BCUT2D eigenvalue weighted by atomic mass is 9.85. The lowest BCUT2D eigenvalue weighted by Gasteiger charge is -2.36. The fourth-order valence-electron chi connectivity index (χ4n) is 3.82. The van der Waals surface area contributed by atoms with E-state index in [9.17, 15) is 5.11 Å². The summed E-state index contributed by atoms with van der Waals surface area (Å²) in [6.45, 7) is 3.60. The fourth-order valence-corrected chi connectivity index (χ4v) is 3.82. The van der Waals surface area contributed by atoms with Crippen molar-refractivity contribution in [2.75, 3.05) is 19.7 Å². The van der Waals surface area contributed by atoms with Gasteiger partial charge in [0.25, 0.3) is 0 Å². The van der Waals surface area contributed by atoms with Gasteiger partial charge < -0.3 is 14.8 Å².